The highest BCUT2D eigenvalue weighted by Gasteiger charge is 2.48. The fraction of sp³-hybridized carbons (Fsp3) is 0.500. The van der Waals surface area contributed by atoms with Gasteiger partial charge in [-0.25, -0.2) is 4.79 Å². The maximum atomic E-state index is 11.7. The van der Waals surface area contributed by atoms with E-state index in [9.17, 15) is 29.7 Å². The van der Waals surface area contributed by atoms with Crippen LogP contribution in [0.3, 0.4) is 0 Å². The van der Waals surface area contributed by atoms with Crippen molar-refractivity contribution in [1.29, 1.82) is 0 Å². The van der Waals surface area contributed by atoms with Crippen LogP contribution in [0, 0.1) is 0 Å². The molecule has 0 spiro atoms. The van der Waals surface area contributed by atoms with Crippen LogP contribution in [-0.4, -0.2) is 55.2 Å². The van der Waals surface area contributed by atoms with Gasteiger partial charge < -0.3 is 25.8 Å². The lowest BCUT2D eigenvalue weighted by Crippen LogP contribution is -2.45. The summed E-state index contributed by atoms with van der Waals surface area (Å²) in [6.07, 6.45) is -6.96. The van der Waals surface area contributed by atoms with Crippen LogP contribution >= 0.6 is 15.9 Å². The van der Waals surface area contributed by atoms with Crippen LogP contribution in [0.4, 0.5) is 0 Å². The quantitative estimate of drug-likeness (QED) is 0.375. The molecule has 5 atom stereocenters. The van der Waals surface area contributed by atoms with Crippen molar-refractivity contribution in [3.8, 4) is 0 Å². The fourth-order valence-electron chi connectivity index (χ4n) is 1.99. The molecule has 0 unspecified atom stereocenters. The van der Waals surface area contributed by atoms with Crippen molar-refractivity contribution >= 4 is 21.8 Å². The van der Waals surface area contributed by atoms with Gasteiger partial charge in [-0.15, -0.1) is 0 Å². The number of amides is 1. The molecule has 0 aromatic carbocycles. The van der Waals surface area contributed by atoms with Crippen molar-refractivity contribution in [3.63, 3.8) is 0 Å². The second kappa shape index (κ2) is 5.69. The first-order valence-electron chi connectivity index (χ1n) is 5.74. The third-order valence-electron chi connectivity index (χ3n) is 3.08. The Balaban J connectivity index is 2.38. The first-order valence-corrected chi connectivity index (χ1v) is 6.53. The number of halogens is 1. The minimum absolute atomic E-state index is 0.00807. The van der Waals surface area contributed by atoms with Gasteiger partial charge in [0.05, 0.1) is 4.47 Å². The number of hydrogen-bond donors (Lipinski definition) is 5. The van der Waals surface area contributed by atoms with E-state index in [0.717, 1.165) is 10.8 Å². The molecule has 1 aliphatic heterocycles. The largest absolute Gasteiger partial charge is 0.387 e. The maximum absolute atomic E-state index is 11.7. The number of carbonyl (C=O) groups is 1. The first-order chi connectivity index (χ1) is 9.73. The van der Waals surface area contributed by atoms with E-state index < -0.39 is 47.8 Å². The van der Waals surface area contributed by atoms with Gasteiger partial charge >= 0.3 is 5.69 Å². The lowest BCUT2D eigenvalue weighted by atomic mass is 10.1. The number of carbonyl (C=O) groups excluding carboxylic acids is 1. The average molecular weight is 366 g/mol. The van der Waals surface area contributed by atoms with E-state index in [2.05, 4.69) is 15.9 Å². The van der Waals surface area contributed by atoms with Crippen LogP contribution < -0.4 is 17.0 Å². The second-order valence-corrected chi connectivity index (χ2v) is 5.32. The van der Waals surface area contributed by atoms with Gasteiger partial charge in [0, 0.05) is 6.20 Å². The van der Waals surface area contributed by atoms with E-state index in [1.165, 1.54) is 0 Å². The molecule has 11 heteroatoms. The topological polar surface area (TPSA) is 168 Å². The molecule has 0 aliphatic carbocycles. The minimum Gasteiger partial charge on any atom is -0.387 e. The molecule has 0 radical (unpaired) electrons. The van der Waals surface area contributed by atoms with E-state index in [-0.39, 0.29) is 4.47 Å². The number of nitrogens with two attached hydrogens (primary N) is 1. The van der Waals surface area contributed by atoms with Gasteiger partial charge in [-0.1, -0.05) is 0 Å². The molecule has 1 aromatic rings. The van der Waals surface area contributed by atoms with Crippen molar-refractivity contribution in [2.24, 2.45) is 5.73 Å². The van der Waals surface area contributed by atoms with E-state index in [4.69, 9.17) is 10.5 Å². The van der Waals surface area contributed by atoms with Gasteiger partial charge in [0.1, 0.15) is 18.3 Å². The summed E-state index contributed by atoms with van der Waals surface area (Å²) < 4.78 is 5.94. The molecule has 10 nitrogen and oxygen atoms in total. The number of aliphatic hydroxyl groups is 3. The van der Waals surface area contributed by atoms with Crippen molar-refractivity contribution < 1.29 is 24.9 Å². The zero-order valence-corrected chi connectivity index (χ0v) is 11.9. The van der Waals surface area contributed by atoms with Gasteiger partial charge in [-0.3, -0.25) is 19.1 Å². The third kappa shape index (κ3) is 2.78. The lowest BCUT2D eigenvalue weighted by Gasteiger charge is -2.18. The Morgan fingerprint density at radius 2 is 2.05 bits per heavy atom. The number of primary amides is 1. The summed E-state index contributed by atoms with van der Waals surface area (Å²) in [4.78, 5) is 35.8. The van der Waals surface area contributed by atoms with E-state index in [1.54, 1.807) is 0 Å². The lowest BCUT2D eigenvalue weighted by molar-refractivity contribution is -0.140. The molecule has 6 N–H and O–H groups in total. The van der Waals surface area contributed by atoms with Crippen molar-refractivity contribution in [2.45, 2.75) is 30.6 Å². The van der Waals surface area contributed by atoms with Gasteiger partial charge in [0.2, 0.25) is 5.91 Å². The second-order valence-electron chi connectivity index (χ2n) is 4.46. The zero-order chi connectivity index (χ0) is 15.9. The highest BCUT2D eigenvalue weighted by molar-refractivity contribution is 9.10. The number of nitrogens with one attached hydrogen (secondary N) is 1. The predicted octanol–water partition coefficient (Wildman–Crippen LogP) is -3.24. The van der Waals surface area contributed by atoms with Gasteiger partial charge in [-0.2, -0.15) is 0 Å². The number of aromatic amines is 1. The summed E-state index contributed by atoms with van der Waals surface area (Å²) in [6, 6.07) is 0. The van der Waals surface area contributed by atoms with Crippen molar-refractivity contribution in [1.82, 2.24) is 9.55 Å². The van der Waals surface area contributed by atoms with E-state index >= 15 is 0 Å². The number of H-pyrrole nitrogens is 1. The smallest absolute Gasteiger partial charge is 0.330 e. The van der Waals surface area contributed by atoms with Crippen LogP contribution in [0.25, 0.3) is 0 Å². The number of nitrogens with zero attached hydrogens (tertiary/aromatic N) is 1. The Labute approximate surface area is 124 Å². The summed E-state index contributed by atoms with van der Waals surface area (Å²) in [7, 11) is 0. The minimum atomic E-state index is -1.86. The normalized spacial score (nSPS) is 30.3. The molecule has 2 heterocycles. The molecule has 21 heavy (non-hydrogen) atoms. The first kappa shape index (κ1) is 15.9. The molecular formula is C10H12BrN3O7. The summed E-state index contributed by atoms with van der Waals surface area (Å²) in [5, 5.41) is 29.2. The number of ether oxygens (including phenoxy) is 1. The summed E-state index contributed by atoms with van der Waals surface area (Å²) >= 11 is 2.90. The Hall–Kier alpha value is -1.53. The van der Waals surface area contributed by atoms with Gasteiger partial charge in [0.15, 0.2) is 12.3 Å². The number of hydrogen-bond acceptors (Lipinski definition) is 7. The molecule has 1 aromatic heterocycles. The van der Waals surface area contributed by atoms with Gasteiger partial charge in [-0.05, 0) is 15.9 Å². The standard InChI is InChI=1S/C10H12BrN3O7/c11-2-1-14(10(20)13-8(2)19)9-4(16)3(15)6(21-9)5(17)7(12)18/h1,3-6,9,15-17H,(H2,12,18)(H,13,19,20)/t3-,4-,5+,6+,9-/m1/s1. The molecule has 0 bridgehead atoms. The molecule has 0 saturated carbocycles. The highest BCUT2D eigenvalue weighted by atomic mass is 79.9. The monoisotopic (exact) mass is 365 g/mol. The van der Waals surface area contributed by atoms with Gasteiger partial charge in [0.25, 0.3) is 5.56 Å². The fourth-order valence-corrected chi connectivity index (χ4v) is 2.31. The average Bonchev–Trinajstić information content (AvgIpc) is 2.70. The predicted molar refractivity (Wildman–Crippen MR) is 70.1 cm³/mol. The van der Waals surface area contributed by atoms with Crippen LogP contribution in [-0.2, 0) is 9.53 Å². The molecule has 1 amide bonds. The maximum Gasteiger partial charge on any atom is 0.330 e. The molecular weight excluding hydrogens is 354 g/mol. The number of rotatable bonds is 3. The Kier molecular flexibility index (Phi) is 4.30. The van der Waals surface area contributed by atoms with Crippen LogP contribution in [0.5, 0.6) is 0 Å². The molecule has 1 aliphatic rings. The van der Waals surface area contributed by atoms with Crippen molar-refractivity contribution in [2.75, 3.05) is 0 Å². The van der Waals surface area contributed by atoms with Crippen LogP contribution in [0.15, 0.2) is 20.3 Å². The highest BCUT2D eigenvalue weighted by Crippen LogP contribution is 2.30. The third-order valence-corrected chi connectivity index (χ3v) is 3.64. The van der Waals surface area contributed by atoms with Crippen molar-refractivity contribution in [3.05, 3.63) is 31.5 Å². The molecule has 1 saturated heterocycles. The Bertz CT molecular complexity index is 671. The number of aliphatic hydroxyl groups excluding tert-OH is 3. The Morgan fingerprint density at radius 3 is 2.62 bits per heavy atom. The van der Waals surface area contributed by atoms with Crippen LogP contribution in [0.1, 0.15) is 6.23 Å². The van der Waals surface area contributed by atoms with Crippen LogP contribution in [0.2, 0.25) is 0 Å². The SMILES string of the molecule is NC(=O)[C@@H](O)[C@H]1O[C@@H](n2cc(Br)c(=O)[nH]c2=O)[C@H](O)[C@H]1O. The number of aromatic nitrogens is 2. The summed E-state index contributed by atoms with van der Waals surface area (Å²) in [5.74, 6) is -1.15. The van der Waals surface area contributed by atoms with E-state index in [1.807, 2.05) is 4.98 Å². The molecule has 116 valence electrons. The molecule has 1 fully saturated rings. The zero-order valence-electron chi connectivity index (χ0n) is 10.3. The summed E-state index contributed by atoms with van der Waals surface area (Å²) in [5.41, 5.74) is 3.32. The molecule has 2 rings (SSSR count). The summed E-state index contributed by atoms with van der Waals surface area (Å²) in [6.45, 7) is 0. The van der Waals surface area contributed by atoms with E-state index in [0.29, 0.717) is 0 Å². The Morgan fingerprint density at radius 1 is 1.43 bits per heavy atom.